The maximum atomic E-state index is 13.2. The van der Waals surface area contributed by atoms with E-state index in [1.165, 1.54) is 11.3 Å². The molecular formula is C23H26N2O5S. The van der Waals surface area contributed by atoms with Crippen LogP contribution in [-0.4, -0.2) is 50.5 Å². The molecule has 1 unspecified atom stereocenters. The number of rotatable bonds is 9. The van der Waals surface area contributed by atoms with Crippen molar-refractivity contribution in [3.63, 3.8) is 0 Å². The highest BCUT2D eigenvalue weighted by Crippen LogP contribution is 2.35. The molecule has 4 rings (SSSR count). The fourth-order valence-corrected chi connectivity index (χ4v) is 4.48. The van der Waals surface area contributed by atoms with E-state index in [2.05, 4.69) is 0 Å². The minimum atomic E-state index is -0.164. The van der Waals surface area contributed by atoms with Gasteiger partial charge in [0.2, 0.25) is 0 Å². The highest BCUT2D eigenvalue weighted by molar-refractivity contribution is 7.22. The van der Waals surface area contributed by atoms with Crippen LogP contribution in [0.5, 0.6) is 17.2 Å². The van der Waals surface area contributed by atoms with Gasteiger partial charge in [0.25, 0.3) is 5.91 Å². The van der Waals surface area contributed by atoms with Gasteiger partial charge in [-0.15, -0.1) is 0 Å². The normalized spacial score (nSPS) is 15.7. The van der Waals surface area contributed by atoms with Gasteiger partial charge in [-0.3, -0.25) is 9.69 Å². The number of carbonyl (C=O) groups is 1. The maximum Gasteiger partial charge on any atom is 0.266 e. The topological polar surface area (TPSA) is 70.1 Å². The second kappa shape index (κ2) is 9.98. The zero-order valence-electron chi connectivity index (χ0n) is 17.7. The number of benzene rings is 2. The molecule has 3 aromatic rings. The third-order valence-corrected chi connectivity index (χ3v) is 6.08. The van der Waals surface area contributed by atoms with Crippen molar-refractivity contribution < 1.29 is 23.7 Å². The van der Waals surface area contributed by atoms with E-state index in [1.807, 2.05) is 25.1 Å². The summed E-state index contributed by atoms with van der Waals surface area (Å²) in [5.74, 6) is 1.90. The van der Waals surface area contributed by atoms with Crippen molar-refractivity contribution in [2.24, 2.45) is 0 Å². The highest BCUT2D eigenvalue weighted by atomic mass is 32.1. The summed E-state index contributed by atoms with van der Waals surface area (Å²) in [6, 6.07) is 13.0. The number of amides is 1. The number of para-hydroxylation sites is 1. The molecule has 31 heavy (non-hydrogen) atoms. The predicted molar refractivity (Wildman–Crippen MR) is 121 cm³/mol. The summed E-state index contributed by atoms with van der Waals surface area (Å²) in [6.07, 6.45) is 1.94. The van der Waals surface area contributed by atoms with Crippen LogP contribution in [0.2, 0.25) is 0 Å². The van der Waals surface area contributed by atoms with Gasteiger partial charge < -0.3 is 18.9 Å². The van der Waals surface area contributed by atoms with Gasteiger partial charge in [0.05, 0.1) is 31.1 Å². The lowest BCUT2D eigenvalue weighted by Crippen LogP contribution is -2.40. The Balaban J connectivity index is 1.55. The van der Waals surface area contributed by atoms with E-state index >= 15 is 0 Å². The lowest BCUT2D eigenvalue weighted by Gasteiger charge is -2.23. The van der Waals surface area contributed by atoms with Crippen LogP contribution in [-0.2, 0) is 9.53 Å². The van der Waals surface area contributed by atoms with E-state index in [1.54, 1.807) is 36.3 Å². The standard InChI is InChI=1S/C23H26N2O5S/c1-3-28-19-7-4-8-20-22(19)24-23(31-20)25(14-18-6-5-13-29-18)21(26)15-30-17-11-9-16(27-2)10-12-17/h4,7-12,18H,3,5-6,13-15H2,1-2H3. The molecule has 7 nitrogen and oxygen atoms in total. The first-order valence-corrected chi connectivity index (χ1v) is 11.2. The van der Waals surface area contributed by atoms with Crippen molar-refractivity contribution in [1.82, 2.24) is 4.98 Å². The lowest BCUT2D eigenvalue weighted by molar-refractivity contribution is -0.120. The number of carbonyl (C=O) groups excluding carboxylic acids is 1. The van der Waals surface area contributed by atoms with Crippen LogP contribution in [0.1, 0.15) is 19.8 Å². The van der Waals surface area contributed by atoms with Crippen LogP contribution in [0.4, 0.5) is 5.13 Å². The van der Waals surface area contributed by atoms with Crippen molar-refractivity contribution in [2.45, 2.75) is 25.9 Å². The molecule has 0 N–H and O–H groups in total. The second-order valence-corrected chi connectivity index (χ2v) is 8.15. The van der Waals surface area contributed by atoms with Gasteiger partial charge in [-0.2, -0.15) is 0 Å². The number of methoxy groups -OCH3 is 1. The molecule has 1 aromatic heterocycles. The number of hydrogen-bond acceptors (Lipinski definition) is 7. The van der Waals surface area contributed by atoms with E-state index in [9.17, 15) is 4.79 Å². The first-order chi connectivity index (χ1) is 15.2. The number of nitrogens with zero attached hydrogens (tertiary/aromatic N) is 2. The third kappa shape index (κ3) is 5.08. The Morgan fingerprint density at radius 3 is 2.71 bits per heavy atom. The molecule has 1 saturated heterocycles. The van der Waals surface area contributed by atoms with E-state index in [-0.39, 0.29) is 18.6 Å². The minimum Gasteiger partial charge on any atom is -0.497 e. The number of anilines is 1. The fourth-order valence-electron chi connectivity index (χ4n) is 3.47. The van der Waals surface area contributed by atoms with Gasteiger partial charge in [0.1, 0.15) is 22.8 Å². The van der Waals surface area contributed by atoms with Crippen molar-refractivity contribution in [2.75, 3.05) is 38.4 Å². The van der Waals surface area contributed by atoms with Crippen molar-refractivity contribution >= 4 is 32.6 Å². The van der Waals surface area contributed by atoms with Crippen molar-refractivity contribution in [1.29, 1.82) is 0 Å². The zero-order valence-corrected chi connectivity index (χ0v) is 18.5. The van der Waals surface area contributed by atoms with Gasteiger partial charge in [-0.25, -0.2) is 4.98 Å². The average molecular weight is 443 g/mol. The third-order valence-electron chi connectivity index (χ3n) is 5.03. The summed E-state index contributed by atoms with van der Waals surface area (Å²) in [6.45, 7) is 3.58. The summed E-state index contributed by atoms with van der Waals surface area (Å²) >= 11 is 1.47. The van der Waals surface area contributed by atoms with Gasteiger partial charge in [0.15, 0.2) is 11.7 Å². The molecule has 164 valence electrons. The Kier molecular flexibility index (Phi) is 6.89. The van der Waals surface area contributed by atoms with Crippen LogP contribution < -0.4 is 19.1 Å². The Hall–Kier alpha value is -2.84. The monoisotopic (exact) mass is 442 g/mol. The molecule has 1 aliphatic heterocycles. The molecule has 0 radical (unpaired) electrons. The summed E-state index contributed by atoms with van der Waals surface area (Å²) < 4.78 is 23.4. The summed E-state index contributed by atoms with van der Waals surface area (Å²) in [5, 5.41) is 0.626. The molecule has 2 heterocycles. The first kappa shape index (κ1) is 21.4. The minimum absolute atomic E-state index is 0.00307. The average Bonchev–Trinajstić information content (AvgIpc) is 3.46. The number of fused-ring (bicyclic) bond motifs is 1. The Morgan fingerprint density at radius 2 is 2.00 bits per heavy atom. The van der Waals surface area contributed by atoms with E-state index in [4.69, 9.17) is 23.9 Å². The smallest absolute Gasteiger partial charge is 0.266 e. The van der Waals surface area contributed by atoms with E-state index in [0.29, 0.717) is 24.0 Å². The lowest BCUT2D eigenvalue weighted by atomic mass is 10.2. The number of hydrogen-bond donors (Lipinski definition) is 0. The molecule has 2 aromatic carbocycles. The van der Waals surface area contributed by atoms with Crippen molar-refractivity contribution in [3.05, 3.63) is 42.5 Å². The van der Waals surface area contributed by atoms with E-state index < -0.39 is 0 Å². The Bertz CT molecular complexity index is 1010. The van der Waals surface area contributed by atoms with Crippen LogP contribution in [0.25, 0.3) is 10.2 Å². The summed E-state index contributed by atoms with van der Waals surface area (Å²) in [4.78, 5) is 19.6. The molecule has 0 bridgehead atoms. The fraction of sp³-hybridized carbons (Fsp3) is 0.391. The molecule has 1 atom stereocenters. The molecule has 1 fully saturated rings. The number of ether oxygens (including phenoxy) is 4. The maximum absolute atomic E-state index is 13.2. The SMILES string of the molecule is CCOc1cccc2sc(N(CC3CCCO3)C(=O)COc3ccc(OC)cc3)nc12. The van der Waals surface area contributed by atoms with Crippen LogP contribution in [0, 0.1) is 0 Å². The largest absolute Gasteiger partial charge is 0.497 e. The molecule has 0 spiro atoms. The molecular weight excluding hydrogens is 416 g/mol. The Labute approximate surface area is 185 Å². The van der Waals surface area contributed by atoms with Gasteiger partial charge >= 0.3 is 0 Å². The zero-order chi connectivity index (χ0) is 21.6. The summed E-state index contributed by atoms with van der Waals surface area (Å²) in [5.41, 5.74) is 0.769. The molecule has 1 amide bonds. The molecule has 8 heteroatoms. The first-order valence-electron chi connectivity index (χ1n) is 10.4. The Morgan fingerprint density at radius 1 is 1.19 bits per heavy atom. The van der Waals surface area contributed by atoms with Gasteiger partial charge in [-0.1, -0.05) is 17.4 Å². The predicted octanol–water partition coefficient (Wildman–Crippen LogP) is 4.29. The van der Waals surface area contributed by atoms with Crippen LogP contribution in [0.15, 0.2) is 42.5 Å². The van der Waals surface area contributed by atoms with Crippen LogP contribution in [0.3, 0.4) is 0 Å². The summed E-state index contributed by atoms with van der Waals surface area (Å²) in [7, 11) is 1.61. The highest BCUT2D eigenvalue weighted by Gasteiger charge is 2.27. The second-order valence-electron chi connectivity index (χ2n) is 7.14. The molecule has 0 saturated carbocycles. The van der Waals surface area contributed by atoms with Gasteiger partial charge in [-0.05, 0) is 56.2 Å². The van der Waals surface area contributed by atoms with Gasteiger partial charge in [0, 0.05) is 6.61 Å². The quantitative estimate of drug-likeness (QED) is 0.492. The van der Waals surface area contributed by atoms with Crippen molar-refractivity contribution in [3.8, 4) is 17.2 Å². The number of thiazole rings is 1. The molecule has 0 aliphatic carbocycles. The number of aromatic nitrogens is 1. The molecule has 1 aliphatic rings. The van der Waals surface area contributed by atoms with Crippen LogP contribution >= 0.6 is 11.3 Å². The van der Waals surface area contributed by atoms with E-state index in [0.717, 1.165) is 41.2 Å².